The van der Waals surface area contributed by atoms with Crippen LogP contribution in [0.5, 0.6) is 0 Å². The summed E-state index contributed by atoms with van der Waals surface area (Å²) < 4.78 is 3.94. The first-order chi connectivity index (χ1) is 4.16. The zero-order chi connectivity index (χ0) is 7.28. The minimum Gasteiger partial charge on any atom is -0.393 e. The minimum atomic E-state index is -0.575. The lowest BCUT2D eigenvalue weighted by Crippen LogP contribution is -2.27. The summed E-state index contributed by atoms with van der Waals surface area (Å²) in [5, 5.41) is 2.23. The number of rotatable bonds is 2. The minimum absolute atomic E-state index is 0.126. The zero-order valence-corrected chi connectivity index (χ0v) is 5.77. The van der Waals surface area contributed by atoms with Crippen molar-refractivity contribution >= 4 is 24.8 Å². The van der Waals surface area contributed by atoms with Gasteiger partial charge < -0.3 is 9.50 Å². The van der Waals surface area contributed by atoms with Crippen molar-refractivity contribution in [3.63, 3.8) is 0 Å². The second-order valence-electron chi connectivity index (χ2n) is 1.37. The summed E-state index contributed by atoms with van der Waals surface area (Å²) in [5.41, 5.74) is 0. The topological polar surface area (TPSA) is 55.4 Å². The number of amides is 1. The van der Waals surface area contributed by atoms with Gasteiger partial charge in [0.1, 0.15) is 6.54 Å². The van der Waals surface area contributed by atoms with Crippen molar-refractivity contribution in [3.05, 3.63) is 0 Å². The third-order valence-corrected chi connectivity index (χ3v) is 0.787. The van der Waals surface area contributed by atoms with Crippen molar-refractivity contribution in [2.24, 2.45) is 0 Å². The lowest BCUT2D eigenvalue weighted by molar-refractivity contribution is -0.133. The molecule has 1 N–H and O–H groups in total. The third-order valence-electron chi connectivity index (χ3n) is 0.583. The fourth-order valence-electron chi connectivity index (χ4n) is 0.229. The number of hydrogen-bond acceptors (Lipinski definition) is 4. The van der Waals surface area contributed by atoms with Crippen molar-refractivity contribution in [1.29, 1.82) is 0 Å². The molecule has 0 aromatic rings. The van der Waals surface area contributed by atoms with E-state index < -0.39 is 5.97 Å². The fourth-order valence-corrected chi connectivity index (χ4v) is 0.293. The molecule has 0 heterocycles. The molecule has 0 saturated carbocycles. The first-order valence-electron chi connectivity index (χ1n) is 2.25. The molecule has 9 heavy (non-hydrogen) atoms. The molecule has 0 fully saturated rings. The highest BCUT2D eigenvalue weighted by atomic mass is 32.1. The molecule has 0 aliphatic rings. The molecule has 0 radical (unpaired) electrons. The predicted molar refractivity (Wildman–Crippen MR) is 33.8 cm³/mol. The molecule has 0 aromatic heterocycles. The smallest absolute Gasteiger partial charge is 0.337 e. The normalized spacial score (nSPS) is 8.22. The maximum Gasteiger partial charge on any atom is 0.337 e. The van der Waals surface area contributed by atoms with E-state index in [9.17, 15) is 9.59 Å². The number of thiol groups is 1. The summed E-state index contributed by atoms with van der Waals surface area (Å²) in [6.45, 7) is 1.19. The Hall–Kier alpha value is -0.710. The second kappa shape index (κ2) is 4.20. The molecular weight excluding hydrogens is 142 g/mol. The SMILES string of the molecule is CC(=O)NCC(=O)OS. The monoisotopic (exact) mass is 149 g/mol. The molecule has 4 nitrogen and oxygen atoms in total. The van der Waals surface area contributed by atoms with Crippen LogP contribution in [0.1, 0.15) is 6.92 Å². The van der Waals surface area contributed by atoms with E-state index >= 15 is 0 Å². The Bertz CT molecular complexity index is 125. The van der Waals surface area contributed by atoms with Gasteiger partial charge in [0.15, 0.2) is 0 Å². The zero-order valence-electron chi connectivity index (χ0n) is 4.88. The van der Waals surface area contributed by atoms with Crippen LogP contribution in [0, 0.1) is 0 Å². The van der Waals surface area contributed by atoms with Crippen LogP contribution < -0.4 is 5.32 Å². The largest absolute Gasteiger partial charge is 0.393 e. The highest BCUT2D eigenvalue weighted by Gasteiger charge is 1.99. The highest BCUT2D eigenvalue weighted by Crippen LogP contribution is 1.77. The van der Waals surface area contributed by atoms with Crippen LogP contribution >= 0.6 is 12.9 Å². The molecule has 0 unspecified atom stereocenters. The summed E-state index contributed by atoms with van der Waals surface area (Å²) in [6.07, 6.45) is 0. The van der Waals surface area contributed by atoms with Crippen LogP contribution in [-0.4, -0.2) is 18.4 Å². The average molecular weight is 149 g/mol. The molecule has 5 heteroatoms. The summed E-state index contributed by atoms with van der Waals surface area (Å²) in [6, 6.07) is 0. The van der Waals surface area contributed by atoms with Crippen LogP contribution in [0.15, 0.2) is 0 Å². The molecule has 0 aliphatic carbocycles. The van der Waals surface area contributed by atoms with Gasteiger partial charge in [0.05, 0.1) is 0 Å². The Morgan fingerprint density at radius 2 is 2.22 bits per heavy atom. The third kappa shape index (κ3) is 5.16. The highest BCUT2D eigenvalue weighted by molar-refractivity contribution is 7.75. The quantitative estimate of drug-likeness (QED) is 0.411. The van der Waals surface area contributed by atoms with E-state index in [4.69, 9.17) is 0 Å². The summed E-state index contributed by atoms with van der Waals surface area (Å²) >= 11 is 3.22. The van der Waals surface area contributed by atoms with Crippen molar-refractivity contribution in [3.8, 4) is 0 Å². The lowest BCUT2D eigenvalue weighted by atomic mass is 10.6. The van der Waals surface area contributed by atoms with Crippen LogP contribution in [0.25, 0.3) is 0 Å². The first kappa shape index (κ1) is 8.29. The number of carbonyl (C=O) groups excluding carboxylic acids is 2. The molecule has 0 rings (SSSR count). The molecule has 0 bridgehead atoms. The van der Waals surface area contributed by atoms with Gasteiger partial charge in [-0.2, -0.15) is 0 Å². The van der Waals surface area contributed by atoms with Crippen molar-refractivity contribution in [2.75, 3.05) is 6.54 Å². The van der Waals surface area contributed by atoms with E-state index in [-0.39, 0.29) is 12.5 Å². The molecule has 0 spiro atoms. The molecular formula is C4H7NO3S. The standard InChI is InChI=1S/C4H7NO3S/c1-3(6)5-2-4(7)8-9/h9H,2H2,1H3,(H,5,6). The number of carbonyl (C=O) groups is 2. The average Bonchev–Trinajstić information content (AvgIpc) is 1.83. The fraction of sp³-hybridized carbons (Fsp3) is 0.500. The van der Waals surface area contributed by atoms with Crippen molar-refractivity contribution in [1.82, 2.24) is 5.32 Å². The van der Waals surface area contributed by atoms with E-state index in [0.717, 1.165) is 0 Å². The van der Waals surface area contributed by atoms with Crippen molar-refractivity contribution in [2.45, 2.75) is 6.92 Å². The maximum atomic E-state index is 10.2. The van der Waals surface area contributed by atoms with E-state index in [2.05, 4.69) is 22.4 Å². The van der Waals surface area contributed by atoms with Gasteiger partial charge in [0.2, 0.25) is 5.91 Å². The molecule has 1 amide bonds. The van der Waals surface area contributed by atoms with Gasteiger partial charge in [-0.1, -0.05) is 0 Å². The van der Waals surface area contributed by atoms with Gasteiger partial charge in [-0.25, -0.2) is 4.79 Å². The predicted octanol–water partition coefficient (Wildman–Crippen LogP) is -0.490. The Kier molecular flexibility index (Phi) is 3.87. The molecule has 52 valence electrons. The summed E-state index contributed by atoms with van der Waals surface area (Å²) in [4.78, 5) is 20.3. The second-order valence-corrected chi connectivity index (χ2v) is 1.56. The molecule has 0 saturated heterocycles. The van der Waals surface area contributed by atoms with Gasteiger partial charge in [-0.3, -0.25) is 4.79 Å². The van der Waals surface area contributed by atoms with Crippen molar-refractivity contribution < 1.29 is 13.8 Å². The number of nitrogens with one attached hydrogen (secondary N) is 1. The molecule has 0 aromatic carbocycles. The van der Waals surface area contributed by atoms with Gasteiger partial charge in [0.25, 0.3) is 0 Å². The Morgan fingerprint density at radius 1 is 1.67 bits per heavy atom. The lowest BCUT2D eigenvalue weighted by Gasteiger charge is -1.96. The van der Waals surface area contributed by atoms with E-state index in [1.165, 1.54) is 6.92 Å². The Morgan fingerprint density at radius 3 is 2.56 bits per heavy atom. The Labute approximate surface area is 58.2 Å². The van der Waals surface area contributed by atoms with Gasteiger partial charge >= 0.3 is 5.97 Å². The summed E-state index contributed by atoms with van der Waals surface area (Å²) in [5.74, 6) is -0.845. The maximum absolute atomic E-state index is 10.2. The first-order valence-corrected chi connectivity index (χ1v) is 2.62. The molecule has 0 atom stereocenters. The van der Waals surface area contributed by atoms with E-state index in [0.29, 0.717) is 0 Å². The van der Waals surface area contributed by atoms with Crippen LogP contribution in [0.3, 0.4) is 0 Å². The molecule has 0 aliphatic heterocycles. The van der Waals surface area contributed by atoms with Crippen LogP contribution in [-0.2, 0) is 13.8 Å². The van der Waals surface area contributed by atoms with E-state index in [1.807, 2.05) is 0 Å². The van der Waals surface area contributed by atoms with Gasteiger partial charge in [0, 0.05) is 19.8 Å². The number of hydrogen-bond donors (Lipinski definition) is 2. The van der Waals surface area contributed by atoms with Gasteiger partial charge in [-0.05, 0) is 0 Å². The Balaban J connectivity index is 3.28. The van der Waals surface area contributed by atoms with Crippen LogP contribution in [0.4, 0.5) is 0 Å². The summed E-state index contributed by atoms with van der Waals surface area (Å²) in [7, 11) is 0. The van der Waals surface area contributed by atoms with E-state index in [1.54, 1.807) is 0 Å². The van der Waals surface area contributed by atoms with Crippen LogP contribution in [0.2, 0.25) is 0 Å². The van der Waals surface area contributed by atoms with Gasteiger partial charge in [-0.15, -0.1) is 0 Å².